The number of H-pyrrole nitrogens is 1. The second-order valence-electron chi connectivity index (χ2n) is 6.44. The van der Waals surface area contributed by atoms with Gasteiger partial charge in [-0.3, -0.25) is 10.00 Å². The Morgan fingerprint density at radius 2 is 1.87 bits per heavy atom. The van der Waals surface area contributed by atoms with Crippen LogP contribution in [0.25, 0.3) is 10.9 Å². The van der Waals surface area contributed by atoms with Gasteiger partial charge in [0.2, 0.25) is 0 Å². The van der Waals surface area contributed by atoms with Gasteiger partial charge in [-0.1, -0.05) is 18.2 Å². The van der Waals surface area contributed by atoms with Crippen LogP contribution in [0.3, 0.4) is 0 Å². The Labute approximate surface area is 171 Å². The SMILES string of the molecule is CNCCN(C)Cc1[nH]nc2ccc(Oc3ccccc3)cc12.O=C(O)C(F)(F)F. The first-order chi connectivity index (χ1) is 14.2. The van der Waals surface area contributed by atoms with Crippen LogP contribution in [-0.2, 0) is 11.3 Å². The Hall–Kier alpha value is -3.11. The average molecular weight is 424 g/mol. The highest BCUT2D eigenvalue weighted by Crippen LogP contribution is 2.26. The summed E-state index contributed by atoms with van der Waals surface area (Å²) in [5.41, 5.74) is 2.07. The van der Waals surface area contributed by atoms with Crippen LogP contribution in [0.2, 0.25) is 0 Å². The number of nitrogens with one attached hydrogen (secondary N) is 2. The van der Waals surface area contributed by atoms with Gasteiger partial charge in [0.15, 0.2) is 0 Å². The third kappa shape index (κ3) is 7.05. The highest BCUT2D eigenvalue weighted by atomic mass is 19.4. The predicted octanol–water partition coefficient (Wildman–Crippen LogP) is 3.64. The predicted molar refractivity (Wildman–Crippen MR) is 107 cm³/mol. The summed E-state index contributed by atoms with van der Waals surface area (Å²) in [5, 5.41) is 18.9. The van der Waals surface area contributed by atoms with E-state index in [1.165, 1.54) is 0 Å². The number of carboxylic acid groups (broad SMARTS) is 1. The van der Waals surface area contributed by atoms with Crippen molar-refractivity contribution in [1.82, 2.24) is 20.4 Å². The van der Waals surface area contributed by atoms with E-state index in [9.17, 15) is 13.2 Å². The molecule has 0 aliphatic rings. The van der Waals surface area contributed by atoms with E-state index in [0.29, 0.717) is 0 Å². The molecule has 0 unspecified atom stereocenters. The number of halogens is 3. The van der Waals surface area contributed by atoms with Crippen LogP contribution >= 0.6 is 0 Å². The fourth-order valence-electron chi connectivity index (χ4n) is 2.50. The summed E-state index contributed by atoms with van der Waals surface area (Å²) in [4.78, 5) is 11.2. The number of likely N-dealkylation sites (N-methyl/N-ethyl adjacent to an activating group) is 2. The topological polar surface area (TPSA) is 90.5 Å². The molecule has 0 atom stereocenters. The molecule has 1 heterocycles. The number of benzene rings is 2. The monoisotopic (exact) mass is 424 g/mol. The van der Waals surface area contributed by atoms with E-state index in [2.05, 4.69) is 27.5 Å². The molecule has 0 saturated carbocycles. The van der Waals surface area contributed by atoms with Gasteiger partial charge in [0.25, 0.3) is 0 Å². The Morgan fingerprint density at radius 3 is 2.47 bits per heavy atom. The summed E-state index contributed by atoms with van der Waals surface area (Å²) in [5.74, 6) is -1.10. The zero-order valence-corrected chi connectivity index (χ0v) is 16.5. The Balaban J connectivity index is 0.000000396. The van der Waals surface area contributed by atoms with Gasteiger partial charge in [-0.05, 0) is 44.4 Å². The number of hydrogen-bond donors (Lipinski definition) is 3. The lowest BCUT2D eigenvalue weighted by molar-refractivity contribution is -0.192. The summed E-state index contributed by atoms with van der Waals surface area (Å²) in [6.45, 7) is 2.77. The lowest BCUT2D eigenvalue weighted by atomic mass is 10.2. The minimum absolute atomic E-state index is 0.823. The van der Waals surface area contributed by atoms with Crippen molar-refractivity contribution < 1.29 is 27.8 Å². The van der Waals surface area contributed by atoms with Gasteiger partial charge in [0.1, 0.15) is 11.5 Å². The van der Waals surface area contributed by atoms with E-state index in [-0.39, 0.29) is 0 Å². The average Bonchev–Trinajstić information content (AvgIpc) is 3.09. The second kappa shape index (κ2) is 10.6. The van der Waals surface area contributed by atoms with Crippen LogP contribution in [-0.4, -0.2) is 59.5 Å². The summed E-state index contributed by atoms with van der Waals surface area (Å²) in [7, 11) is 4.07. The number of rotatable bonds is 7. The van der Waals surface area contributed by atoms with Crippen LogP contribution in [0.15, 0.2) is 48.5 Å². The third-order valence-electron chi connectivity index (χ3n) is 4.00. The molecule has 2 aromatic carbocycles. The number of aromatic amines is 1. The van der Waals surface area contributed by atoms with Crippen molar-refractivity contribution in [3.05, 3.63) is 54.2 Å². The van der Waals surface area contributed by atoms with E-state index >= 15 is 0 Å². The molecule has 0 aliphatic heterocycles. The second-order valence-corrected chi connectivity index (χ2v) is 6.44. The lowest BCUT2D eigenvalue weighted by Gasteiger charge is -2.15. The van der Waals surface area contributed by atoms with E-state index in [0.717, 1.165) is 47.7 Å². The molecule has 3 aromatic rings. The van der Waals surface area contributed by atoms with Crippen LogP contribution in [0.5, 0.6) is 11.5 Å². The van der Waals surface area contributed by atoms with Gasteiger partial charge in [-0.15, -0.1) is 0 Å². The van der Waals surface area contributed by atoms with Gasteiger partial charge in [0, 0.05) is 25.0 Å². The van der Waals surface area contributed by atoms with Gasteiger partial charge in [-0.2, -0.15) is 18.3 Å². The molecule has 30 heavy (non-hydrogen) atoms. The normalized spacial score (nSPS) is 11.3. The molecule has 0 fully saturated rings. The fourth-order valence-corrected chi connectivity index (χ4v) is 2.50. The fraction of sp³-hybridized carbons (Fsp3) is 0.300. The summed E-state index contributed by atoms with van der Waals surface area (Å²) in [6.07, 6.45) is -5.08. The number of fused-ring (bicyclic) bond motifs is 1. The first-order valence-electron chi connectivity index (χ1n) is 9.04. The molecular formula is C20H23F3N4O3. The molecule has 3 rings (SSSR count). The molecule has 162 valence electrons. The van der Waals surface area contributed by atoms with Crippen LogP contribution in [0.4, 0.5) is 13.2 Å². The largest absolute Gasteiger partial charge is 0.490 e. The molecule has 0 spiro atoms. The maximum absolute atomic E-state index is 10.6. The molecule has 10 heteroatoms. The highest BCUT2D eigenvalue weighted by molar-refractivity contribution is 5.82. The Morgan fingerprint density at radius 1 is 1.20 bits per heavy atom. The highest BCUT2D eigenvalue weighted by Gasteiger charge is 2.38. The smallest absolute Gasteiger partial charge is 0.475 e. The van der Waals surface area contributed by atoms with E-state index < -0.39 is 12.1 Å². The summed E-state index contributed by atoms with van der Waals surface area (Å²) >= 11 is 0. The molecule has 3 N–H and O–H groups in total. The first-order valence-corrected chi connectivity index (χ1v) is 9.04. The van der Waals surface area contributed by atoms with Crippen LogP contribution in [0, 0.1) is 0 Å². The number of ether oxygens (including phenoxy) is 1. The summed E-state index contributed by atoms with van der Waals surface area (Å²) in [6, 6.07) is 15.8. The molecular weight excluding hydrogens is 401 g/mol. The van der Waals surface area contributed by atoms with Crippen molar-refractivity contribution in [2.75, 3.05) is 27.2 Å². The quantitative estimate of drug-likeness (QED) is 0.537. The number of alkyl halides is 3. The van der Waals surface area contributed by atoms with Crippen molar-refractivity contribution in [2.45, 2.75) is 12.7 Å². The number of aromatic nitrogens is 2. The third-order valence-corrected chi connectivity index (χ3v) is 4.00. The summed E-state index contributed by atoms with van der Waals surface area (Å²) < 4.78 is 37.7. The number of carbonyl (C=O) groups is 1. The van der Waals surface area contributed by atoms with Crippen LogP contribution < -0.4 is 10.1 Å². The lowest BCUT2D eigenvalue weighted by Crippen LogP contribution is -2.27. The standard InChI is InChI=1S/C18H22N4O.C2HF3O2/c1-19-10-11-22(2)13-18-16-12-15(8-9-17(16)20-21-18)23-14-6-4-3-5-7-14;3-2(4,5)1(6)7/h3-9,12,19H,10-11,13H2,1-2H3,(H,20,21);(H,6,7). The maximum Gasteiger partial charge on any atom is 0.490 e. The number of para-hydroxylation sites is 1. The Bertz CT molecular complexity index is 945. The van der Waals surface area contributed by atoms with Crippen molar-refractivity contribution in [3.63, 3.8) is 0 Å². The molecule has 0 aliphatic carbocycles. The van der Waals surface area contributed by atoms with Gasteiger partial charge < -0.3 is 15.2 Å². The van der Waals surface area contributed by atoms with Gasteiger partial charge in [0.05, 0.1) is 11.2 Å². The minimum Gasteiger partial charge on any atom is -0.475 e. The Kier molecular flexibility index (Phi) is 8.19. The van der Waals surface area contributed by atoms with Crippen LogP contribution in [0.1, 0.15) is 5.69 Å². The number of hydrogen-bond acceptors (Lipinski definition) is 5. The van der Waals surface area contributed by atoms with E-state index in [4.69, 9.17) is 14.6 Å². The number of carboxylic acids is 1. The molecule has 0 radical (unpaired) electrons. The molecule has 0 amide bonds. The van der Waals surface area contributed by atoms with Crippen molar-refractivity contribution in [1.29, 1.82) is 0 Å². The van der Waals surface area contributed by atoms with E-state index in [1.54, 1.807) is 0 Å². The van der Waals surface area contributed by atoms with Crippen molar-refractivity contribution in [3.8, 4) is 11.5 Å². The molecule has 0 saturated heterocycles. The molecule has 0 bridgehead atoms. The number of nitrogens with zero attached hydrogens (tertiary/aromatic N) is 2. The zero-order valence-electron chi connectivity index (χ0n) is 16.5. The molecule has 7 nitrogen and oxygen atoms in total. The first kappa shape index (κ1) is 23.2. The minimum atomic E-state index is -5.08. The number of aliphatic carboxylic acids is 1. The van der Waals surface area contributed by atoms with Crippen molar-refractivity contribution >= 4 is 16.9 Å². The molecule has 1 aromatic heterocycles. The maximum atomic E-state index is 10.6. The van der Waals surface area contributed by atoms with E-state index in [1.807, 2.05) is 55.6 Å². The van der Waals surface area contributed by atoms with Gasteiger partial charge >= 0.3 is 12.1 Å². The van der Waals surface area contributed by atoms with Crippen molar-refractivity contribution in [2.24, 2.45) is 0 Å². The van der Waals surface area contributed by atoms with Gasteiger partial charge in [-0.25, -0.2) is 4.79 Å². The zero-order chi connectivity index (χ0) is 22.1.